The number of aromatic nitrogens is 7. The van der Waals surface area contributed by atoms with E-state index in [1.165, 1.54) is 22.6 Å². The van der Waals surface area contributed by atoms with Crippen molar-refractivity contribution in [2.24, 2.45) is 0 Å². The monoisotopic (exact) mass is 655 g/mol. The van der Waals surface area contributed by atoms with Crippen LogP contribution in [0.15, 0.2) is 157 Å². The molecule has 0 N–H and O–H groups in total. The van der Waals surface area contributed by atoms with Crippen molar-refractivity contribution >= 4 is 65.8 Å². The summed E-state index contributed by atoms with van der Waals surface area (Å²) in [6, 6.07) is 46.4. The Hall–Kier alpha value is -7.19. The molecule has 0 bridgehead atoms. The molecule has 0 saturated carbocycles. The van der Waals surface area contributed by atoms with Gasteiger partial charge in [0, 0.05) is 49.4 Å². The maximum absolute atomic E-state index is 6.25. The van der Waals surface area contributed by atoms with Crippen LogP contribution in [0.2, 0.25) is 0 Å². The standard InChI is InChI=1S/C43H25N7O/c1-3-9-28(10-4-1)49-37-14-8-7-13-30(37)31-17-15-26(19-38(31)49)35-21-33-34-22-36(45-24-41(34)51-40(33)23-44-35)27-16-18-32-39(20-27)50(29-11-5-2-6-12-29)43-42(32)46-25-47-48-43/h1-25H. The topological polar surface area (TPSA) is 87.4 Å². The van der Waals surface area contributed by atoms with Crippen LogP contribution >= 0.6 is 0 Å². The molecule has 0 aliphatic heterocycles. The summed E-state index contributed by atoms with van der Waals surface area (Å²) in [5, 5.41) is 13.9. The largest absolute Gasteiger partial charge is 0.453 e. The Labute approximate surface area is 289 Å². The van der Waals surface area contributed by atoms with Crippen LogP contribution in [0, 0.1) is 0 Å². The van der Waals surface area contributed by atoms with Gasteiger partial charge in [-0.05, 0) is 60.7 Å². The van der Waals surface area contributed by atoms with Gasteiger partial charge in [-0.1, -0.05) is 72.8 Å². The fraction of sp³-hybridized carbons (Fsp3) is 0. The summed E-state index contributed by atoms with van der Waals surface area (Å²) >= 11 is 0. The summed E-state index contributed by atoms with van der Waals surface area (Å²) < 4.78 is 10.7. The average molecular weight is 656 g/mol. The van der Waals surface area contributed by atoms with Gasteiger partial charge < -0.3 is 8.98 Å². The molecule has 6 aromatic heterocycles. The average Bonchev–Trinajstić information content (AvgIpc) is 3.85. The van der Waals surface area contributed by atoms with Crippen molar-refractivity contribution in [2.75, 3.05) is 0 Å². The van der Waals surface area contributed by atoms with E-state index < -0.39 is 0 Å². The van der Waals surface area contributed by atoms with E-state index in [0.717, 1.165) is 72.2 Å². The number of rotatable bonds is 4. The molecule has 51 heavy (non-hydrogen) atoms. The fourth-order valence-electron chi connectivity index (χ4n) is 7.53. The number of benzene rings is 5. The Morgan fingerprint density at radius 2 is 1.02 bits per heavy atom. The molecule has 6 heterocycles. The highest BCUT2D eigenvalue weighted by molar-refractivity contribution is 6.11. The van der Waals surface area contributed by atoms with E-state index in [1.807, 2.05) is 30.5 Å². The lowest BCUT2D eigenvalue weighted by molar-refractivity contribution is 0.665. The van der Waals surface area contributed by atoms with Crippen molar-refractivity contribution in [2.45, 2.75) is 0 Å². The number of hydrogen-bond acceptors (Lipinski definition) is 6. The highest BCUT2D eigenvalue weighted by Crippen LogP contribution is 2.38. The summed E-state index contributed by atoms with van der Waals surface area (Å²) in [5.74, 6) is 0. The molecule has 8 heteroatoms. The maximum Gasteiger partial charge on any atom is 0.187 e. The number of furan rings is 1. The van der Waals surface area contributed by atoms with Crippen molar-refractivity contribution in [1.29, 1.82) is 0 Å². The zero-order valence-electron chi connectivity index (χ0n) is 27.0. The summed E-state index contributed by atoms with van der Waals surface area (Å²) in [5.41, 5.74) is 12.1. The molecule has 11 aromatic rings. The Bertz CT molecular complexity index is 2930. The van der Waals surface area contributed by atoms with Gasteiger partial charge in [0.1, 0.15) is 11.8 Å². The van der Waals surface area contributed by atoms with Gasteiger partial charge in [-0.15, -0.1) is 10.2 Å². The Morgan fingerprint density at radius 1 is 0.451 bits per heavy atom. The zero-order chi connectivity index (χ0) is 33.5. The first-order valence-corrected chi connectivity index (χ1v) is 16.7. The molecule has 0 unspecified atom stereocenters. The minimum Gasteiger partial charge on any atom is -0.453 e. The predicted molar refractivity (Wildman–Crippen MR) is 202 cm³/mol. The number of pyridine rings is 2. The second-order valence-corrected chi connectivity index (χ2v) is 12.7. The highest BCUT2D eigenvalue weighted by Gasteiger charge is 2.18. The fourth-order valence-corrected chi connectivity index (χ4v) is 7.53. The molecule has 0 atom stereocenters. The molecular weight excluding hydrogens is 631 g/mol. The first-order valence-electron chi connectivity index (χ1n) is 16.7. The summed E-state index contributed by atoms with van der Waals surface area (Å²) in [7, 11) is 0. The molecule has 0 fully saturated rings. The van der Waals surface area contributed by atoms with Gasteiger partial charge in [-0.2, -0.15) is 0 Å². The smallest absolute Gasteiger partial charge is 0.187 e. The van der Waals surface area contributed by atoms with Crippen LogP contribution < -0.4 is 0 Å². The second kappa shape index (κ2) is 10.7. The quantitative estimate of drug-likeness (QED) is 0.188. The third kappa shape index (κ3) is 4.17. The zero-order valence-corrected chi connectivity index (χ0v) is 27.0. The minimum absolute atomic E-state index is 0.711. The molecule has 0 saturated heterocycles. The molecule has 0 spiro atoms. The van der Waals surface area contributed by atoms with Crippen molar-refractivity contribution in [3.63, 3.8) is 0 Å². The Balaban J connectivity index is 1.07. The molecule has 8 nitrogen and oxygen atoms in total. The number of hydrogen-bond donors (Lipinski definition) is 0. The van der Waals surface area contributed by atoms with Crippen LogP contribution in [0.3, 0.4) is 0 Å². The molecule has 11 rings (SSSR count). The van der Waals surface area contributed by atoms with Gasteiger partial charge in [0.15, 0.2) is 16.8 Å². The predicted octanol–water partition coefficient (Wildman–Crippen LogP) is 10.1. The lowest BCUT2D eigenvalue weighted by Crippen LogP contribution is -1.96. The molecule has 5 aromatic carbocycles. The van der Waals surface area contributed by atoms with E-state index in [4.69, 9.17) is 14.4 Å². The summed E-state index contributed by atoms with van der Waals surface area (Å²) in [6.45, 7) is 0. The first kappa shape index (κ1) is 27.7. The third-order valence-electron chi connectivity index (χ3n) is 9.85. The van der Waals surface area contributed by atoms with E-state index in [2.05, 4.69) is 134 Å². The van der Waals surface area contributed by atoms with Gasteiger partial charge in [-0.25, -0.2) is 4.98 Å². The van der Waals surface area contributed by atoms with E-state index in [9.17, 15) is 0 Å². The lowest BCUT2D eigenvalue weighted by atomic mass is 10.0. The van der Waals surface area contributed by atoms with Crippen molar-refractivity contribution in [1.82, 2.24) is 34.3 Å². The molecule has 0 aliphatic rings. The maximum atomic E-state index is 6.25. The van der Waals surface area contributed by atoms with E-state index >= 15 is 0 Å². The van der Waals surface area contributed by atoms with Crippen LogP contribution in [-0.4, -0.2) is 34.3 Å². The molecule has 238 valence electrons. The van der Waals surface area contributed by atoms with Crippen LogP contribution in [0.4, 0.5) is 0 Å². The highest BCUT2D eigenvalue weighted by atomic mass is 16.3. The van der Waals surface area contributed by atoms with Crippen LogP contribution in [0.5, 0.6) is 0 Å². The molecule has 0 amide bonds. The van der Waals surface area contributed by atoms with Gasteiger partial charge in [0.25, 0.3) is 0 Å². The van der Waals surface area contributed by atoms with E-state index in [1.54, 1.807) is 6.20 Å². The minimum atomic E-state index is 0.711. The van der Waals surface area contributed by atoms with Crippen molar-refractivity contribution in [3.8, 4) is 33.9 Å². The van der Waals surface area contributed by atoms with Crippen LogP contribution in [-0.2, 0) is 0 Å². The molecule has 0 radical (unpaired) electrons. The van der Waals surface area contributed by atoms with Crippen LogP contribution in [0.25, 0.3) is 99.7 Å². The van der Waals surface area contributed by atoms with Crippen molar-refractivity contribution < 1.29 is 4.42 Å². The van der Waals surface area contributed by atoms with E-state index in [0.29, 0.717) is 11.2 Å². The van der Waals surface area contributed by atoms with E-state index in [-0.39, 0.29) is 0 Å². The first-order chi connectivity index (χ1) is 25.3. The van der Waals surface area contributed by atoms with Crippen LogP contribution in [0.1, 0.15) is 0 Å². The number of para-hydroxylation sites is 3. The molecular formula is C43H25N7O. The van der Waals surface area contributed by atoms with Gasteiger partial charge in [0.2, 0.25) is 0 Å². The van der Waals surface area contributed by atoms with Gasteiger partial charge >= 0.3 is 0 Å². The van der Waals surface area contributed by atoms with Gasteiger partial charge in [-0.3, -0.25) is 14.5 Å². The third-order valence-corrected chi connectivity index (χ3v) is 9.85. The second-order valence-electron chi connectivity index (χ2n) is 12.7. The Morgan fingerprint density at radius 3 is 1.71 bits per heavy atom. The Kier molecular flexibility index (Phi) is 5.79. The summed E-state index contributed by atoms with van der Waals surface area (Å²) in [4.78, 5) is 14.3. The normalized spacial score (nSPS) is 11.9. The number of nitrogens with zero attached hydrogens (tertiary/aromatic N) is 7. The lowest BCUT2D eigenvalue weighted by Gasteiger charge is -2.08. The summed E-state index contributed by atoms with van der Waals surface area (Å²) in [6.07, 6.45) is 5.12. The SMILES string of the molecule is c1ccc(-n2c3ccccc3c3ccc(-c4cc5c(cn4)oc4cnc(-c6ccc7c8ncnnc8n(-c8ccccc8)c7c6)cc45)cc32)cc1. The van der Waals surface area contributed by atoms with Crippen molar-refractivity contribution in [3.05, 3.63) is 152 Å². The molecule has 0 aliphatic carbocycles. The van der Waals surface area contributed by atoms with Gasteiger partial charge in [0.05, 0.1) is 40.3 Å². The number of fused-ring (bicyclic) bond motifs is 9.